The average molecular weight is 741 g/mol. The van der Waals surface area contributed by atoms with Gasteiger partial charge in [0.05, 0.1) is 68.3 Å². The van der Waals surface area contributed by atoms with E-state index >= 15 is 0 Å². The minimum Gasteiger partial charge on any atom is -0.192 e. The lowest BCUT2D eigenvalue weighted by atomic mass is 10.1. The predicted octanol–water partition coefficient (Wildman–Crippen LogP) is 11.4. The van der Waals surface area contributed by atoms with Crippen molar-refractivity contribution >= 4 is 33.6 Å². The highest BCUT2D eigenvalue weighted by Gasteiger charge is 2.32. The molecule has 0 aliphatic rings. The van der Waals surface area contributed by atoms with Crippen LogP contribution in [0.5, 0.6) is 0 Å². The van der Waals surface area contributed by atoms with E-state index in [-0.39, 0.29) is 0 Å². The zero-order chi connectivity index (χ0) is 37.8. The fourth-order valence-electron chi connectivity index (χ4n) is 6.06. The largest absolute Gasteiger partial charge is 0.192 e. The van der Waals surface area contributed by atoms with Crippen molar-refractivity contribution in [1.82, 2.24) is 0 Å². The summed E-state index contributed by atoms with van der Waals surface area (Å²) in [6.45, 7) is 12.1. The van der Waals surface area contributed by atoms with Crippen LogP contribution in [0.25, 0.3) is 0 Å². The van der Waals surface area contributed by atoms with Gasteiger partial charge in [-0.15, -0.1) is 0 Å². The first kappa shape index (κ1) is 37.1. The second-order valence-corrected chi connectivity index (χ2v) is 18.1. The van der Waals surface area contributed by atoms with Crippen molar-refractivity contribution in [1.29, 1.82) is 21.0 Å². The van der Waals surface area contributed by atoms with Crippen LogP contribution in [0.2, 0.25) is 0 Å². The van der Waals surface area contributed by atoms with Crippen LogP contribution < -0.4 is 0 Å². The molecule has 6 rings (SSSR count). The number of nitrogens with zero attached hydrogens (tertiary/aromatic N) is 4. The third-order valence-corrected chi connectivity index (χ3v) is 15.0. The van der Waals surface area contributed by atoms with Gasteiger partial charge in [0.1, 0.15) is 0 Å². The lowest BCUT2D eigenvalue weighted by Crippen LogP contribution is -2.07. The van der Waals surface area contributed by atoms with E-state index in [1.807, 2.05) is 76.2 Å². The highest BCUT2D eigenvalue weighted by atomic mass is 32.2. The normalized spacial score (nSPS) is 10.8. The zero-order valence-electron chi connectivity index (χ0n) is 30.4. The van der Waals surface area contributed by atoms with Crippen LogP contribution in [-0.4, -0.2) is 0 Å². The molecule has 0 spiro atoms. The maximum absolute atomic E-state index is 9.84. The van der Waals surface area contributed by atoms with Crippen molar-refractivity contribution < 1.29 is 0 Å². The molecule has 0 unspecified atom stereocenters. The van der Waals surface area contributed by atoms with E-state index in [2.05, 4.69) is 98.8 Å². The third kappa shape index (κ3) is 7.76. The maximum Gasteiger partial charge on any atom is 0.167 e. The Morgan fingerprint density at radius 3 is 0.830 bits per heavy atom. The Labute approximate surface area is 322 Å². The molecule has 0 amide bonds. The van der Waals surface area contributed by atoms with Gasteiger partial charge in [0.15, 0.2) is 29.4 Å². The summed E-state index contributed by atoms with van der Waals surface area (Å²) in [4.78, 5) is 8.66. The van der Waals surface area contributed by atoms with Gasteiger partial charge >= 0.3 is 0 Å². The lowest BCUT2D eigenvalue weighted by molar-refractivity contribution is 1.19. The molecule has 4 nitrogen and oxygen atoms in total. The van der Waals surface area contributed by atoms with Crippen LogP contribution in [0.15, 0.2) is 148 Å². The molecule has 0 radical (unpaired) electrons. The molecule has 0 bridgehead atoms. The summed E-state index contributed by atoms with van der Waals surface area (Å²) < 4.78 is 0. The van der Waals surface area contributed by atoms with Gasteiger partial charge in [0.25, 0.3) is 0 Å². The number of aryl methyl sites for hydroxylation is 6. The maximum atomic E-state index is 9.84. The van der Waals surface area contributed by atoms with Crippen molar-refractivity contribution in [2.75, 3.05) is 0 Å². The van der Waals surface area contributed by atoms with Gasteiger partial charge in [0, 0.05) is 34.1 Å². The first-order valence-corrected chi connectivity index (χ1v) is 20.2. The van der Waals surface area contributed by atoms with Gasteiger partial charge in [-0.1, -0.05) is 36.0 Å². The second-order valence-electron chi connectivity index (χ2n) is 12.9. The number of rotatable bonds is 8. The molecule has 0 aliphatic carbocycles. The van der Waals surface area contributed by atoms with E-state index in [0.29, 0.717) is 22.3 Å². The molecule has 0 fully saturated rings. The number of benzene rings is 6. The van der Waals surface area contributed by atoms with Gasteiger partial charge in [-0.05, 0) is 136 Å². The van der Waals surface area contributed by atoms with E-state index in [1.54, 1.807) is 11.8 Å². The molecule has 6 aromatic rings. The van der Waals surface area contributed by atoms with Crippen molar-refractivity contribution in [3.05, 3.63) is 165 Å². The quantitative estimate of drug-likeness (QED) is 0.145. The molecular weight excluding hydrogens is 705 g/mol. The SMILES string of the molecule is Cc1ccc([S+](c2ccc(Sc3ccc([S+](c4ccc(C)c(C#N)c4)c4ccc(C)c(C#N)c4)cc3C)c(C)c2)c2ccc(C)c(C#N)c2)cc1C#N. The first-order valence-electron chi connectivity index (χ1n) is 17.0. The molecule has 0 atom stereocenters. The topological polar surface area (TPSA) is 95.2 Å². The summed E-state index contributed by atoms with van der Waals surface area (Å²) in [6, 6.07) is 46.9. The third-order valence-electron chi connectivity index (χ3n) is 9.24. The fraction of sp³-hybridized carbons (Fsp3) is 0.130. The van der Waals surface area contributed by atoms with Crippen molar-refractivity contribution in [2.24, 2.45) is 0 Å². The van der Waals surface area contributed by atoms with Crippen LogP contribution in [-0.2, 0) is 21.8 Å². The van der Waals surface area contributed by atoms with Crippen molar-refractivity contribution in [2.45, 2.75) is 80.7 Å². The highest BCUT2D eigenvalue weighted by Crippen LogP contribution is 2.40. The van der Waals surface area contributed by atoms with Crippen LogP contribution >= 0.6 is 11.8 Å². The molecule has 53 heavy (non-hydrogen) atoms. The van der Waals surface area contributed by atoms with E-state index < -0.39 is 21.8 Å². The number of hydrogen-bond donors (Lipinski definition) is 0. The Kier molecular flexibility index (Phi) is 11.1. The van der Waals surface area contributed by atoms with E-state index in [4.69, 9.17) is 0 Å². The standard InChI is InChI=1S/C46H36N4S3/c1-29-7-11-41(21-35(29)25-47)52(42-12-8-30(2)36(22-42)26-48)39-15-17-45(33(5)19-39)51-46-18-16-40(20-34(46)6)53(43-13-9-31(3)37(23-43)27-49)44-14-10-32(4)38(24-44)28-50/h7-24H,1-6H3/q+2. The van der Waals surface area contributed by atoms with Gasteiger partial charge in [-0.3, -0.25) is 0 Å². The van der Waals surface area contributed by atoms with E-state index in [9.17, 15) is 21.0 Å². The van der Waals surface area contributed by atoms with Crippen LogP contribution in [0.3, 0.4) is 0 Å². The molecule has 7 heteroatoms. The van der Waals surface area contributed by atoms with Crippen molar-refractivity contribution in [3.8, 4) is 24.3 Å². The molecule has 0 N–H and O–H groups in total. The number of hydrogen-bond acceptors (Lipinski definition) is 5. The molecule has 0 saturated carbocycles. The predicted molar refractivity (Wildman–Crippen MR) is 214 cm³/mol. The highest BCUT2D eigenvalue weighted by molar-refractivity contribution is 7.99. The average Bonchev–Trinajstić information content (AvgIpc) is 3.16. The van der Waals surface area contributed by atoms with Gasteiger partial charge in [-0.25, -0.2) is 0 Å². The van der Waals surface area contributed by atoms with Gasteiger partial charge in [0.2, 0.25) is 0 Å². The van der Waals surface area contributed by atoms with Crippen LogP contribution in [0.1, 0.15) is 55.6 Å². The molecule has 256 valence electrons. The van der Waals surface area contributed by atoms with Gasteiger partial charge in [-0.2, -0.15) is 21.0 Å². The molecule has 0 heterocycles. The molecular formula is C46H36N4S3+2. The van der Waals surface area contributed by atoms with Gasteiger partial charge < -0.3 is 0 Å². The summed E-state index contributed by atoms with van der Waals surface area (Å²) in [6.07, 6.45) is 0. The Morgan fingerprint density at radius 2 is 0.585 bits per heavy atom. The zero-order valence-corrected chi connectivity index (χ0v) is 32.9. The molecule has 0 saturated heterocycles. The Bertz CT molecular complexity index is 2270. The molecule has 6 aromatic carbocycles. The lowest BCUT2D eigenvalue weighted by Gasteiger charge is -2.14. The first-order chi connectivity index (χ1) is 25.5. The monoisotopic (exact) mass is 740 g/mol. The molecule has 0 aliphatic heterocycles. The van der Waals surface area contributed by atoms with E-state index in [0.717, 1.165) is 72.5 Å². The number of nitriles is 4. The summed E-state index contributed by atoms with van der Waals surface area (Å²) in [5.74, 6) is 0. The second kappa shape index (κ2) is 15.9. The smallest absolute Gasteiger partial charge is 0.167 e. The summed E-state index contributed by atoms with van der Waals surface area (Å²) in [5.41, 5.74) is 8.64. The van der Waals surface area contributed by atoms with Crippen LogP contribution in [0.4, 0.5) is 0 Å². The Morgan fingerprint density at radius 1 is 0.340 bits per heavy atom. The molecule has 0 aromatic heterocycles. The van der Waals surface area contributed by atoms with Crippen molar-refractivity contribution in [3.63, 3.8) is 0 Å². The summed E-state index contributed by atoms with van der Waals surface area (Å²) in [5, 5.41) is 39.4. The van der Waals surface area contributed by atoms with E-state index in [1.165, 1.54) is 0 Å². The minimum atomic E-state index is -0.528. The summed E-state index contributed by atoms with van der Waals surface area (Å²) in [7, 11) is -1.06. The van der Waals surface area contributed by atoms with Crippen LogP contribution in [0, 0.1) is 86.9 Å². The minimum absolute atomic E-state index is 0.528. The Balaban J connectivity index is 1.37. The Hall–Kier alpha value is -5.67. The summed E-state index contributed by atoms with van der Waals surface area (Å²) >= 11 is 1.73. The fourth-order valence-corrected chi connectivity index (χ4v) is 11.4.